The zero-order chi connectivity index (χ0) is 28.4. The molecule has 3 aromatic rings. The Balaban J connectivity index is 1.72. The Kier molecular flexibility index (Phi) is 8.81. The lowest BCUT2D eigenvalue weighted by Gasteiger charge is -2.40. The zero-order valence-corrected chi connectivity index (χ0v) is 24.8. The number of nitrogens with zero attached hydrogens (tertiary/aromatic N) is 4. The maximum Gasteiger partial charge on any atom is 0.254 e. The number of oxazole rings is 1. The van der Waals surface area contributed by atoms with Gasteiger partial charge in [-0.3, -0.25) is 9.59 Å². The van der Waals surface area contributed by atoms with Crippen LogP contribution in [0.5, 0.6) is 0 Å². The molecule has 4 rings (SSSR count). The van der Waals surface area contributed by atoms with E-state index in [0.717, 1.165) is 54.7 Å². The third-order valence-electron chi connectivity index (χ3n) is 8.05. The summed E-state index contributed by atoms with van der Waals surface area (Å²) in [6.45, 7) is 9.43. The molecule has 2 N–H and O–H groups in total. The van der Waals surface area contributed by atoms with Crippen molar-refractivity contribution in [2.45, 2.75) is 78.6 Å². The predicted octanol–water partition coefficient (Wildman–Crippen LogP) is 4.13. The van der Waals surface area contributed by atoms with Crippen LogP contribution in [0, 0.1) is 20.8 Å². The highest BCUT2D eigenvalue weighted by molar-refractivity contribution is 6.07. The van der Waals surface area contributed by atoms with Crippen LogP contribution < -0.4 is 15.8 Å². The lowest BCUT2D eigenvalue weighted by molar-refractivity contribution is 0.0951. The first-order valence-electron chi connectivity index (χ1n) is 14.0. The number of nitrogens with one attached hydrogen (secondary N) is 2. The van der Waals surface area contributed by atoms with Gasteiger partial charge in [0.25, 0.3) is 11.5 Å². The standard InChI is InChI=1S/C30H44N6O3/c1-9-36(22-12-10-21(11-13-22)35(7)8)24-15-25-28(33-26(39-25)17-34(5)6)27(20(24)4)30(38)31-16-23-18(2)14-19(3)32-29(23)37/h14-15,21-22H,9-13,16-17H2,1-8H3,(H,31,38)(H,32,37). The first kappa shape index (κ1) is 28.8. The van der Waals surface area contributed by atoms with Crippen molar-refractivity contribution in [3.05, 3.63) is 56.3 Å². The molecule has 1 amide bonds. The molecule has 9 heteroatoms. The molecule has 0 aliphatic heterocycles. The molecule has 0 spiro atoms. The van der Waals surface area contributed by atoms with Crippen LogP contribution in [0.25, 0.3) is 11.1 Å². The summed E-state index contributed by atoms with van der Waals surface area (Å²) in [6, 6.07) is 4.99. The van der Waals surface area contributed by atoms with E-state index < -0.39 is 0 Å². The highest BCUT2D eigenvalue weighted by Gasteiger charge is 2.30. The molecule has 1 saturated carbocycles. The Bertz CT molecular complexity index is 1380. The average molecular weight is 537 g/mol. The van der Waals surface area contributed by atoms with Crippen LogP contribution in [0.2, 0.25) is 0 Å². The number of hydrogen-bond donors (Lipinski definition) is 2. The van der Waals surface area contributed by atoms with E-state index in [1.54, 1.807) is 0 Å². The number of hydrogen-bond acceptors (Lipinski definition) is 7. The van der Waals surface area contributed by atoms with Crippen LogP contribution in [0.15, 0.2) is 21.3 Å². The molecular weight excluding hydrogens is 492 g/mol. The number of carbonyl (C=O) groups is 1. The van der Waals surface area contributed by atoms with E-state index in [1.165, 1.54) is 0 Å². The number of anilines is 1. The van der Waals surface area contributed by atoms with Crippen molar-refractivity contribution in [1.29, 1.82) is 0 Å². The fourth-order valence-electron chi connectivity index (χ4n) is 5.98. The number of fused-ring (bicyclic) bond motifs is 1. The minimum Gasteiger partial charge on any atom is -0.439 e. The molecule has 39 heavy (non-hydrogen) atoms. The molecule has 2 aromatic heterocycles. The van der Waals surface area contributed by atoms with Crippen LogP contribution in [-0.4, -0.2) is 72.5 Å². The SMILES string of the molecule is CCN(c1cc2oc(CN(C)C)nc2c(C(=O)NCc2c(C)cc(C)[nH]c2=O)c1C)C1CCC(N(C)C)CC1. The van der Waals surface area contributed by atoms with Gasteiger partial charge in [0.15, 0.2) is 5.58 Å². The second kappa shape index (κ2) is 11.9. The second-order valence-electron chi connectivity index (χ2n) is 11.4. The molecule has 2 heterocycles. The largest absolute Gasteiger partial charge is 0.439 e. The lowest BCUT2D eigenvalue weighted by atomic mass is 9.88. The first-order chi connectivity index (χ1) is 18.5. The molecule has 0 atom stereocenters. The van der Waals surface area contributed by atoms with E-state index in [4.69, 9.17) is 9.40 Å². The topological polar surface area (TPSA) is 97.7 Å². The van der Waals surface area contributed by atoms with E-state index >= 15 is 0 Å². The van der Waals surface area contributed by atoms with Crippen molar-refractivity contribution in [2.75, 3.05) is 39.6 Å². The van der Waals surface area contributed by atoms with Crippen molar-refractivity contribution < 1.29 is 9.21 Å². The second-order valence-corrected chi connectivity index (χ2v) is 11.4. The fourth-order valence-corrected chi connectivity index (χ4v) is 5.98. The number of benzene rings is 1. The maximum atomic E-state index is 13.8. The first-order valence-corrected chi connectivity index (χ1v) is 14.0. The van der Waals surface area contributed by atoms with Crippen LogP contribution in [0.4, 0.5) is 5.69 Å². The number of aromatic nitrogens is 2. The predicted molar refractivity (Wildman–Crippen MR) is 157 cm³/mol. The van der Waals surface area contributed by atoms with Gasteiger partial charge in [-0.15, -0.1) is 0 Å². The van der Waals surface area contributed by atoms with Gasteiger partial charge in [-0.2, -0.15) is 0 Å². The van der Waals surface area contributed by atoms with Gasteiger partial charge in [0, 0.05) is 48.2 Å². The molecule has 1 aliphatic rings. The molecule has 1 aliphatic carbocycles. The number of carbonyl (C=O) groups excluding carboxylic acids is 1. The van der Waals surface area contributed by atoms with E-state index in [2.05, 4.69) is 47.2 Å². The van der Waals surface area contributed by atoms with Crippen LogP contribution in [0.1, 0.15) is 71.2 Å². The highest BCUT2D eigenvalue weighted by Crippen LogP contribution is 2.36. The molecule has 1 aromatic carbocycles. The maximum absolute atomic E-state index is 13.8. The zero-order valence-electron chi connectivity index (χ0n) is 24.8. The van der Waals surface area contributed by atoms with Crippen molar-refractivity contribution in [2.24, 2.45) is 0 Å². The molecule has 0 radical (unpaired) electrons. The summed E-state index contributed by atoms with van der Waals surface area (Å²) in [5.74, 6) is 0.316. The number of rotatable bonds is 9. The lowest BCUT2D eigenvalue weighted by Crippen LogP contribution is -2.42. The van der Waals surface area contributed by atoms with E-state index in [-0.39, 0.29) is 18.0 Å². The summed E-state index contributed by atoms with van der Waals surface area (Å²) < 4.78 is 6.19. The van der Waals surface area contributed by atoms with E-state index in [1.807, 2.05) is 45.8 Å². The summed E-state index contributed by atoms with van der Waals surface area (Å²) in [4.78, 5) is 40.7. The summed E-state index contributed by atoms with van der Waals surface area (Å²) in [7, 11) is 8.24. The van der Waals surface area contributed by atoms with Gasteiger partial charge in [0.1, 0.15) is 5.52 Å². The Morgan fingerprint density at radius 2 is 1.74 bits per heavy atom. The monoisotopic (exact) mass is 536 g/mol. The van der Waals surface area contributed by atoms with E-state index in [9.17, 15) is 9.59 Å². The van der Waals surface area contributed by atoms with Gasteiger partial charge < -0.3 is 29.4 Å². The summed E-state index contributed by atoms with van der Waals surface area (Å²) in [5.41, 5.74) is 5.62. The van der Waals surface area contributed by atoms with Crippen molar-refractivity contribution in [3.8, 4) is 0 Å². The summed E-state index contributed by atoms with van der Waals surface area (Å²) >= 11 is 0. The normalized spacial score (nSPS) is 17.8. The minimum atomic E-state index is -0.254. The van der Waals surface area contributed by atoms with Crippen molar-refractivity contribution >= 4 is 22.7 Å². The molecule has 0 saturated heterocycles. The molecule has 9 nitrogen and oxygen atoms in total. The Hall–Kier alpha value is -3.17. The Morgan fingerprint density at radius 1 is 1.08 bits per heavy atom. The van der Waals surface area contributed by atoms with Gasteiger partial charge in [-0.25, -0.2) is 4.98 Å². The average Bonchev–Trinajstić information content (AvgIpc) is 3.25. The minimum absolute atomic E-state index is 0.139. The van der Waals surface area contributed by atoms with Gasteiger partial charge >= 0.3 is 0 Å². The molecule has 212 valence electrons. The van der Waals surface area contributed by atoms with Crippen molar-refractivity contribution in [1.82, 2.24) is 25.1 Å². The molecule has 0 bridgehead atoms. The highest BCUT2D eigenvalue weighted by atomic mass is 16.3. The smallest absolute Gasteiger partial charge is 0.254 e. The van der Waals surface area contributed by atoms with Gasteiger partial charge in [-0.05, 0) is 98.8 Å². The van der Waals surface area contributed by atoms with Crippen LogP contribution >= 0.6 is 0 Å². The van der Waals surface area contributed by atoms with Gasteiger partial charge in [0.2, 0.25) is 5.89 Å². The molecular formula is C30H44N6O3. The summed E-state index contributed by atoms with van der Waals surface area (Å²) in [5, 5.41) is 3.01. The third-order valence-corrected chi connectivity index (χ3v) is 8.05. The number of pyridine rings is 1. The number of aryl methyl sites for hydroxylation is 2. The quantitative estimate of drug-likeness (QED) is 0.424. The number of H-pyrrole nitrogens is 1. The van der Waals surface area contributed by atoms with Crippen molar-refractivity contribution in [3.63, 3.8) is 0 Å². The van der Waals surface area contributed by atoms with E-state index in [0.29, 0.717) is 46.7 Å². The molecule has 1 fully saturated rings. The fraction of sp³-hybridized carbons (Fsp3) is 0.567. The van der Waals surface area contributed by atoms with Crippen LogP contribution in [0.3, 0.4) is 0 Å². The van der Waals surface area contributed by atoms with Gasteiger partial charge in [0.05, 0.1) is 12.1 Å². The number of amides is 1. The Labute approximate surface area is 231 Å². The van der Waals surface area contributed by atoms with Crippen LogP contribution in [-0.2, 0) is 13.1 Å². The number of aromatic amines is 1. The third kappa shape index (κ3) is 6.20. The molecule has 0 unspecified atom stereocenters. The summed E-state index contributed by atoms with van der Waals surface area (Å²) in [6.07, 6.45) is 4.52. The Morgan fingerprint density at radius 3 is 2.33 bits per heavy atom. The van der Waals surface area contributed by atoms with Gasteiger partial charge in [-0.1, -0.05) is 0 Å².